The molecular formula is C12H17FN2O3. The molecule has 18 heavy (non-hydrogen) atoms. The summed E-state index contributed by atoms with van der Waals surface area (Å²) in [5.41, 5.74) is 0.0282. The van der Waals surface area contributed by atoms with Gasteiger partial charge in [-0.1, -0.05) is 6.92 Å². The van der Waals surface area contributed by atoms with Crippen LogP contribution in [0.25, 0.3) is 0 Å². The number of non-ortho nitro benzene ring substituents is 1. The number of nitrogens with zero attached hydrogens (tertiary/aromatic N) is 1. The summed E-state index contributed by atoms with van der Waals surface area (Å²) in [6.45, 7) is 3.95. The van der Waals surface area contributed by atoms with Gasteiger partial charge in [-0.15, -0.1) is 0 Å². The fourth-order valence-corrected chi connectivity index (χ4v) is 1.40. The number of nitrogens with one attached hydrogen (secondary N) is 1. The van der Waals surface area contributed by atoms with Crippen molar-refractivity contribution in [3.63, 3.8) is 0 Å². The number of nitro groups is 1. The van der Waals surface area contributed by atoms with Gasteiger partial charge in [-0.05, 0) is 18.9 Å². The number of hydrogen-bond donors (Lipinski definition) is 1. The number of nitro benzene ring substituents is 1. The van der Waals surface area contributed by atoms with Gasteiger partial charge in [0.05, 0.1) is 16.7 Å². The van der Waals surface area contributed by atoms with E-state index in [2.05, 4.69) is 5.32 Å². The van der Waals surface area contributed by atoms with Crippen LogP contribution < -0.4 is 5.32 Å². The summed E-state index contributed by atoms with van der Waals surface area (Å²) in [5.74, 6) is -0.612. The van der Waals surface area contributed by atoms with Crippen molar-refractivity contribution < 1.29 is 14.1 Å². The topological polar surface area (TPSA) is 64.4 Å². The fourth-order valence-electron chi connectivity index (χ4n) is 1.40. The zero-order chi connectivity index (χ0) is 13.4. The molecule has 0 bridgehead atoms. The molecule has 0 heterocycles. The Kier molecular flexibility index (Phi) is 6.07. The Morgan fingerprint density at radius 3 is 2.83 bits per heavy atom. The van der Waals surface area contributed by atoms with Gasteiger partial charge in [0.1, 0.15) is 0 Å². The Hall–Kier alpha value is -1.69. The zero-order valence-electron chi connectivity index (χ0n) is 10.3. The molecule has 0 spiro atoms. The van der Waals surface area contributed by atoms with Gasteiger partial charge < -0.3 is 10.1 Å². The molecule has 0 saturated carbocycles. The minimum absolute atomic E-state index is 0.246. The average molecular weight is 256 g/mol. The molecule has 1 aromatic rings. The van der Waals surface area contributed by atoms with E-state index in [-0.39, 0.29) is 11.4 Å². The Labute approximate surface area is 105 Å². The first-order valence-corrected chi connectivity index (χ1v) is 5.90. The van der Waals surface area contributed by atoms with Crippen molar-refractivity contribution in [3.8, 4) is 0 Å². The highest BCUT2D eigenvalue weighted by Gasteiger charge is 2.09. The lowest BCUT2D eigenvalue weighted by atomic mass is 10.2. The van der Waals surface area contributed by atoms with Crippen LogP contribution in [0.5, 0.6) is 0 Å². The van der Waals surface area contributed by atoms with E-state index in [4.69, 9.17) is 4.74 Å². The smallest absolute Gasteiger partial charge is 0.272 e. The van der Waals surface area contributed by atoms with Gasteiger partial charge in [0.25, 0.3) is 5.69 Å². The van der Waals surface area contributed by atoms with Crippen LogP contribution in [0, 0.1) is 15.9 Å². The van der Waals surface area contributed by atoms with Gasteiger partial charge in [-0.2, -0.15) is 0 Å². The second-order valence-corrected chi connectivity index (χ2v) is 3.81. The van der Waals surface area contributed by atoms with Crippen molar-refractivity contribution >= 4 is 11.4 Å². The second-order valence-electron chi connectivity index (χ2n) is 3.81. The standard InChI is InChI=1S/C12H17FN2O3/c1-2-7-18-8-3-6-14-12-5-4-10(15(16)17)9-11(12)13/h4-5,9,14H,2-3,6-8H2,1H3. The maximum absolute atomic E-state index is 13.4. The minimum Gasteiger partial charge on any atom is -0.383 e. The second kappa shape index (κ2) is 7.60. The third-order valence-electron chi connectivity index (χ3n) is 2.29. The van der Waals surface area contributed by atoms with Gasteiger partial charge in [0, 0.05) is 25.8 Å². The lowest BCUT2D eigenvalue weighted by Crippen LogP contribution is -2.07. The molecule has 6 heteroatoms. The van der Waals surface area contributed by atoms with Crippen molar-refractivity contribution in [2.45, 2.75) is 19.8 Å². The molecule has 0 aromatic heterocycles. The van der Waals surface area contributed by atoms with Crippen LogP contribution in [0.3, 0.4) is 0 Å². The van der Waals surface area contributed by atoms with Gasteiger partial charge in [0.2, 0.25) is 0 Å². The Morgan fingerprint density at radius 1 is 1.44 bits per heavy atom. The fraction of sp³-hybridized carbons (Fsp3) is 0.500. The first-order valence-electron chi connectivity index (χ1n) is 5.90. The van der Waals surface area contributed by atoms with Crippen molar-refractivity contribution in [2.75, 3.05) is 25.1 Å². The SMILES string of the molecule is CCCOCCCNc1ccc([N+](=O)[O-])cc1F. The Balaban J connectivity index is 2.36. The molecule has 1 aromatic carbocycles. The molecule has 0 aliphatic carbocycles. The maximum atomic E-state index is 13.4. The van der Waals surface area contributed by atoms with E-state index in [1.54, 1.807) is 0 Å². The van der Waals surface area contributed by atoms with Gasteiger partial charge in [0.15, 0.2) is 5.82 Å². The summed E-state index contributed by atoms with van der Waals surface area (Å²) < 4.78 is 18.7. The molecular weight excluding hydrogens is 239 g/mol. The van der Waals surface area contributed by atoms with Crippen molar-refractivity contribution in [2.24, 2.45) is 0 Å². The van der Waals surface area contributed by atoms with E-state index in [0.717, 1.165) is 25.5 Å². The summed E-state index contributed by atoms with van der Waals surface area (Å²) in [5, 5.41) is 13.3. The third-order valence-corrected chi connectivity index (χ3v) is 2.29. The van der Waals surface area contributed by atoms with E-state index in [1.807, 2.05) is 6.92 Å². The van der Waals surface area contributed by atoms with E-state index >= 15 is 0 Å². The van der Waals surface area contributed by atoms with E-state index in [1.165, 1.54) is 12.1 Å². The monoisotopic (exact) mass is 256 g/mol. The summed E-state index contributed by atoms with van der Waals surface area (Å²) in [6.07, 6.45) is 1.74. The van der Waals surface area contributed by atoms with E-state index in [0.29, 0.717) is 13.2 Å². The highest BCUT2D eigenvalue weighted by Crippen LogP contribution is 2.20. The number of anilines is 1. The number of ether oxygens (including phenoxy) is 1. The molecule has 0 aliphatic heterocycles. The predicted molar refractivity (Wildman–Crippen MR) is 67.3 cm³/mol. The molecule has 0 unspecified atom stereocenters. The lowest BCUT2D eigenvalue weighted by Gasteiger charge is -2.07. The number of hydrogen-bond acceptors (Lipinski definition) is 4. The first-order chi connectivity index (χ1) is 8.65. The molecule has 100 valence electrons. The maximum Gasteiger partial charge on any atom is 0.272 e. The molecule has 0 fully saturated rings. The largest absolute Gasteiger partial charge is 0.383 e. The summed E-state index contributed by atoms with van der Waals surface area (Å²) in [4.78, 5) is 9.81. The van der Waals surface area contributed by atoms with E-state index in [9.17, 15) is 14.5 Å². The molecule has 0 radical (unpaired) electrons. The molecule has 0 saturated heterocycles. The zero-order valence-corrected chi connectivity index (χ0v) is 10.3. The van der Waals surface area contributed by atoms with Crippen molar-refractivity contribution in [1.82, 2.24) is 0 Å². The molecule has 1 N–H and O–H groups in total. The van der Waals surface area contributed by atoms with Gasteiger partial charge >= 0.3 is 0 Å². The van der Waals surface area contributed by atoms with Crippen LogP contribution in [0.2, 0.25) is 0 Å². The molecule has 0 aliphatic rings. The van der Waals surface area contributed by atoms with Crippen LogP contribution in [-0.4, -0.2) is 24.7 Å². The molecule has 0 atom stereocenters. The Bertz CT molecular complexity index is 399. The van der Waals surface area contributed by atoms with Crippen LogP contribution in [0.1, 0.15) is 19.8 Å². The Morgan fingerprint density at radius 2 is 2.22 bits per heavy atom. The predicted octanol–water partition coefficient (Wildman–Crippen LogP) is 2.96. The van der Waals surface area contributed by atoms with Crippen LogP contribution in [0.15, 0.2) is 18.2 Å². The van der Waals surface area contributed by atoms with Gasteiger partial charge in [-0.3, -0.25) is 10.1 Å². The highest BCUT2D eigenvalue weighted by molar-refractivity contribution is 5.49. The van der Waals surface area contributed by atoms with Crippen LogP contribution in [0.4, 0.5) is 15.8 Å². The third kappa shape index (κ3) is 4.67. The molecule has 5 nitrogen and oxygen atoms in total. The number of rotatable bonds is 8. The minimum atomic E-state index is -0.620. The van der Waals surface area contributed by atoms with Crippen LogP contribution >= 0.6 is 0 Å². The van der Waals surface area contributed by atoms with Crippen LogP contribution in [-0.2, 0) is 4.74 Å². The van der Waals surface area contributed by atoms with Gasteiger partial charge in [-0.25, -0.2) is 4.39 Å². The van der Waals surface area contributed by atoms with Crippen molar-refractivity contribution in [3.05, 3.63) is 34.1 Å². The quantitative estimate of drug-likeness (QED) is 0.441. The van der Waals surface area contributed by atoms with E-state index < -0.39 is 10.7 Å². The average Bonchev–Trinajstić information content (AvgIpc) is 2.35. The normalized spacial score (nSPS) is 10.3. The number of halogens is 1. The number of benzene rings is 1. The van der Waals surface area contributed by atoms with Crippen molar-refractivity contribution in [1.29, 1.82) is 0 Å². The molecule has 0 amide bonds. The molecule has 1 rings (SSSR count). The summed E-state index contributed by atoms with van der Waals surface area (Å²) in [6, 6.07) is 3.56. The first kappa shape index (κ1) is 14.4. The summed E-state index contributed by atoms with van der Waals surface area (Å²) in [7, 11) is 0. The summed E-state index contributed by atoms with van der Waals surface area (Å²) >= 11 is 0. The highest BCUT2D eigenvalue weighted by atomic mass is 19.1. The lowest BCUT2D eigenvalue weighted by molar-refractivity contribution is -0.385.